The third-order valence-corrected chi connectivity index (χ3v) is 30.4. The first-order chi connectivity index (χ1) is 74.0. The van der Waals surface area contributed by atoms with Gasteiger partial charge in [-0.1, -0.05) is 352 Å². The van der Waals surface area contributed by atoms with Gasteiger partial charge >= 0.3 is 0 Å². The van der Waals surface area contributed by atoms with E-state index in [1.807, 2.05) is 0 Å². The van der Waals surface area contributed by atoms with E-state index in [2.05, 4.69) is 533 Å². The Morgan fingerprint density at radius 1 is 0.147 bits per heavy atom. The molecule has 150 heavy (non-hydrogen) atoms. The first-order valence-corrected chi connectivity index (χ1v) is 51.1. The van der Waals surface area contributed by atoms with E-state index < -0.39 is 0 Å². The lowest BCUT2D eigenvalue weighted by atomic mass is 9.98. The molecule has 10 nitrogen and oxygen atoms in total. The molecule has 6 aromatic heterocycles. The number of fused-ring (bicyclic) bond motifs is 26. The summed E-state index contributed by atoms with van der Waals surface area (Å²) in [4.78, 5) is 9.37. The zero-order valence-electron chi connectivity index (χ0n) is 82.4. The lowest BCUT2D eigenvalue weighted by molar-refractivity contribution is 0.669. The molecule has 0 radical (unpaired) electrons. The maximum atomic E-state index is 7.02. The van der Waals surface area contributed by atoms with Crippen LogP contribution in [-0.2, 0) is 0 Å². The van der Waals surface area contributed by atoms with Gasteiger partial charge in [-0.15, -0.1) is 0 Å². The van der Waals surface area contributed by atoms with Crippen molar-refractivity contribution >= 4 is 243 Å². The molecule has 30 aromatic rings. The molecule has 0 unspecified atom stereocenters. The van der Waals surface area contributed by atoms with E-state index in [0.717, 1.165) is 299 Å². The van der Waals surface area contributed by atoms with E-state index in [1.165, 1.54) is 11.1 Å². The zero-order valence-corrected chi connectivity index (χ0v) is 82.4. The second kappa shape index (κ2) is 35.1. The van der Waals surface area contributed by atoms with E-state index in [1.54, 1.807) is 0 Å². The van der Waals surface area contributed by atoms with Gasteiger partial charge < -0.3 is 46.1 Å². The summed E-state index contributed by atoms with van der Waals surface area (Å²) in [5, 5.41) is 22.0. The highest BCUT2D eigenvalue weighted by molar-refractivity contribution is 6.30. The smallest absolute Gasteiger partial charge is 0.159 e. The highest BCUT2D eigenvalue weighted by atomic mass is 16.4. The number of hydrogen-bond donors (Lipinski definition) is 0. The average Bonchev–Trinajstić information content (AvgIpc) is 1.56. The maximum Gasteiger partial charge on any atom is 0.159 e. The van der Waals surface area contributed by atoms with Crippen LogP contribution >= 0.6 is 0 Å². The van der Waals surface area contributed by atoms with Crippen molar-refractivity contribution in [2.24, 2.45) is 0 Å². The van der Waals surface area contributed by atoms with Crippen LogP contribution in [0, 0.1) is 27.7 Å². The predicted octanol–water partition coefficient (Wildman–Crippen LogP) is 41.2. The third-order valence-electron chi connectivity index (χ3n) is 30.4. The van der Waals surface area contributed by atoms with Crippen LogP contribution in [-0.4, -0.2) is 0 Å². The van der Waals surface area contributed by atoms with Gasteiger partial charge in [-0.25, -0.2) is 0 Å². The Bertz CT molecular complexity index is 10100. The van der Waals surface area contributed by atoms with Crippen molar-refractivity contribution in [2.75, 3.05) is 19.6 Å². The van der Waals surface area contributed by atoms with Gasteiger partial charge in [-0.2, -0.15) is 0 Å². The monoisotopic (exact) mass is 1920 g/mol. The lowest BCUT2D eigenvalue weighted by Crippen LogP contribution is -2.11. The van der Waals surface area contributed by atoms with Gasteiger partial charge in [-0.05, 0) is 249 Å². The lowest BCUT2D eigenvalue weighted by Gasteiger charge is -2.27. The maximum absolute atomic E-state index is 7.02. The zero-order chi connectivity index (χ0) is 99.5. The topological polar surface area (TPSA) is 91.8 Å². The minimum absolute atomic E-state index is 0.840. The third kappa shape index (κ3) is 14.2. The van der Waals surface area contributed by atoms with E-state index in [-0.39, 0.29) is 0 Å². The molecular weight excluding hydrogens is 1830 g/mol. The van der Waals surface area contributed by atoms with Crippen molar-refractivity contribution in [1.29, 1.82) is 0 Å². The van der Waals surface area contributed by atoms with Crippen LogP contribution < -0.4 is 19.6 Å². The average molecular weight is 1930 g/mol. The molecule has 10 heteroatoms. The van der Waals surface area contributed by atoms with Gasteiger partial charge in [0.05, 0.1) is 22.7 Å². The molecule has 0 spiro atoms. The Morgan fingerprint density at radius 2 is 0.373 bits per heavy atom. The number of rotatable bonds is 16. The van der Waals surface area contributed by atoms with E-state index in [9.17, 15) is 0 Å². The fourth-order valence-electron chi connectivity index (χ4n) is 23.5. The molecule has 0 saturated heterocycles. The first kappa shape index (κ1) is 87.0. The Labute approximate surface area is 862 Å². The van der Waals surface area contributed by atoms with Gasteiger partial charge in [0.15, 0.2) is 22.3 Å². The molecule has 0 aliphatic carbocycles. The molecule has 30 rings (SSSR count). The van der Waals surface area contributed by atoms with Crippen molar-refractivity contribution in [3.05, 3.63) is 508 Å². The molecule has 0 N–H and O–H groups in total. The van der Waals surface area contributed by atoms with Crippen molar-refractivity contribution < 1.29 is 26.5 Å². The molecule has 0 aliphatic rings. The Hall–Kier alpha value is -19.7. The molecule has 0 bridgehead atoms. The first-order valence-electron chi connectivity index (χ1n) is 51.1. The van der Waals surface area contributed by atoms with Gasteiger partial charge in [-0.3, -0.25) is 0 Å². The molecular formula is C140H92N4O6. The quantitative estimate of drug-likeness (QED) is 0.0931. The molecule has 708 valence electrons. The molecule has 0 saturated carbocycles. The molecule has 0 aliphatic heterocycles. The second-order valence-electron chi connectivity index (χ2n) is 39.4. The molecule has 0 fully saturated rings. The van der Waals surface area contributed by atoms with Crippen LogP contribution in [0.1, 0.15) is 22.3 Å². The number of anilines is 12. The van der Waals surface area contributed by atoms with Gasteiger partial charge in [0.2, 0.25) is 0 Å². The highest BCUT2D eigenvalue weighted by Crippen LogP contribution is 2.55. The number of benzene rings is 24. The van der Waals surface area contributed by atoms with E-state index in [4.69, 9.17) is 26.5 Å². The summed E-state index contributed by atoms with van der Waals surface area (Å²) in [7, 11) is 0. The fourth-order valence-corrected chi connectivity index (χ4v) is 23.5. The predicted molar refractivity (Wildman–Crippen MR) is 626 cm³/mol. The van der Waals surface area contributed by atoms with E-state index >= 15 is 0 Å². The summed E-state index contributed by atoms with van der Waals surface area (Å²) >= 11 is 0. The number of para-hydroxylation sites is 10. The Kier molecular flexibility index (Phi) is 20.3. The summed E-state index contributed by atoms with van der Waals surface area (Å²) < 4.78 is 41.5. The summed E-state index contributed by atoms with van der Waals surface area (Å²) in [6, 6.07) is 173. The van der Waals surface area contributed by atoms with Crippen LogP contribution in [0.5, 0.6) is 0 Å². The van der Waals surface area contributed by atoms with Gasteiger partial charge in [0, 0.05) is 132 Å². The van der Waals surface area contributed by atoms with Crippen molar-refractivity contribution in [3.63, 3.8) is 0 Å². The van der Waals surface area contributed by atoms with Crippen molar-refractivity contribution in [3.8, 4) is 44.5 Å². The molecule has 6 heterocycles. The van der Waals surface area contributed by atoms with Gasteiger partial charge in [0.25, 0.3) is 0 Å². The van der Waals surface area contributed by atoms with Crippen LogP contribution in [0.4, 0.5) is 68.2 Å². The number of aryl methyl sites for hydroxylation is 4. The minimum Gasteiger partial charge on any atom is -0.456 e. The Balaban J connectivity index is 0.000000141. The van der Waals surface area contributed by atoms with Gasteiger partial charge in [0.1, 0.15) is 44.7 Å². The van der Waals surface area contributed by atoms with Crippen molar-refractivity contribution in [2.45, 2.75) is 27.7 Å². The molecule has 0 amide bonds. The largest absolute Gasteiger partial charge is 0.456 e. The number of hydrogen-bond acceptors (Lipinski definition) is 10. The van der Waals surface area contributed by atoms with Crippen LogP contribution in [0.25, 0.3) is 219 Å². The summed E-state index contributed by atoms with van der Waals surface area (Å²) in [5.74, 6) is 0. The summed E-state index contributed by atoms with van der Waals surface area (Å²) in [5.41, 5.74) is 36.0. The SMILES string of the molecule is Cc1cccc(N(c2ccc3c(ccc4oc5ccc6cc(N(c7cccc(C)c7)c7cccc8c7oc7c(-c9ccccc9)cccc78)ccc6c5c43)c2)c2cccc3c2oc2c(-c4ccccc4)cccc23)c1.Cc1ccccc1N(c1ccc2c(ccc3oc4ccc5cc(N(c6ccccc6C)c6cccc7c6oc6c(-c8ccccc8)cccc67)ccc5c4c32)c1)c1cccc2c1oc1c(-c3ccccc3)cccc12. The molecule has 0 atom stereocenters. The summed E-state index contributed by atoms with van der Waals surface area (Å²) in [6.45, 7) is 8.64. The number of nitrogens with zero attached hydrogens (tertiary/aromatic N) is 4. The fraction of sp³-hybridized carbons (Fsp3) is 0.0286. The highest BCUT2D eigenvalue weighted by Gasteiger charge is 2.31. The van der Waals surface area contributed by atoms with E-state index in [0.29, 0.717) is 0 Å². The summed E-state index contributed by atoms with van der Waals surface area (Å²) in [6.07, 6.45) is 0. The Morgan fingerprint density at radius 3 is 0.647 bits per heavy atom. The standard InChI is InChI=1S/2C70H46N2O3/c1-43-15-9-21-49(39-43)71(61-29-13-27-59-57-25-11-23-55(67(57)74-69(59)61)45-17-5-3-6-18-45)51-33-35-53-47(41-51)31-37-63-65(53)66-54-36-34-52(42-48(54)32-38-64(66)73-63)72(50-22-10-16-44(2)40-50)62-30-14-28-60-58-26-12-24-56(68(58)75-70(60)62)46-19-7-4-8-20-46;1-43-17-9-11-29-59(43)71(61-31-15-27-57-55-25-13-23-53(67(55)74-69(57)61)45-19-5-3-6-20-45)49-35-37-51-47(41-49)33-39-63-65(51)66-52-38-36-50(42-48(52)34-40-64(66)73-63)72(60-30-12-10-18-44(60)2)62-32-16-28-58-56-26-14-24-54(68(56)75-70(58)62)46-21-7-4-8-22-46/h2*3-42H,1-2H3. The normalized spacial score (nSPS) is 11.9. The van der Waals surface area contributed by atoms with Crippen LogP contribution in [0.15, 0.2) is 512 Å². The molecule has 24 aromatic carbocycles. The second-order valence-corrected chi connectivity index (χ2v) is 39.4. The van der Waals surface area contributed by atoms with Crippen LogP contribution in [0.2, 0.25) is 0 Å². The van der Waals surface area contributed by atoms with Crippen LogP contribution in [0.3, 0.4) is 0 Å². The van der Waals surface area contributed by atoms with Crippen molar-refractivity contribution in [1.82, 2.24) is 0 Å². The minimum atomic E-state index is 0.840. The number of furan rings is 6.